The van der Waals surface area contributed by atoms with Gasteiger partial charge in [-0.05, 0) is 40.8 Å². The van der Waals surface area contributed by atoms with Crippen molar-refractivity contribution in [3.8, 4) is 0 Å². The lowest BCUT2D eigenvalue weighted by atomic mass is 10.1. The average molecular weight is 406 g/mol. The van der Waals surface area contributed by atoms with Gasteiger partial charge in [-0.15, -0.1) is 11.8 Å². The number of hydrogen-bond acceptors (Lipinski definition) is 6. The van der Waals surface area contributed by atoms with E-state index in [1.54, 1.807) is 17.4 Å². The number of morpholine rings is 1. The molecule has 1 unspecified atom stereocenters. The van der Waals surface area contributed by atoms with E-state index in [0.717, 1.165) is 23.5 Å². The van der Waals surface area contributed by atoms with E-state index in [9.17, 15) is 9.59 Å². The first-order chi connectivity index (χ1) is 13.2. The Morgan fingerprint density at radius 2 is 2.00 bits per heavy atom. The van der Waals surface area contributed by atoms with Crippen molar-refractivity contribution in [2.45, 2.75) is 10.9 Å². The monoisotopic (exact) mass is 405 g/mol. The largest absolute Gasteiger partial charge is 0.379 e. The maximum absolute atomic E-state index is 12.3. The molecule has 2 aromatic rings. The van der Waals surface area contributed by atoms with Crippen molar-refractivity contribution in [2.75, 3.05) is 44.4 Å². The molecule has 144 valence electrons. The SMILES string of the molecule is CSc1ccccc1NC(=O)C(=O)NCC(c1ccsc1)N1CCOCC1. The number of ether oxygens (including phenoxy) is 1. The zero-order valence-corrected chi connectivity index (χ0v) is 16.8. The quantitative estimate of drug-likeness (QED) is 0.571. The summed E-state index contributed by atoms with van der Waals surface area (Å²) in [6.45, 7) is 3.36. The van der Waals surface area contributed by atoms with Gasteiger partial charge in [-0.1, -0.05) is 12.1 Å². The van der Waals surface area contributed by atoms with Crippen molar-refractivity contribution in [2.24, 2.45) is 0 Å². The van der Waals surface area contributed by atoms with Crippen LogP contribution in [0.1, 0.15) is 11.6 Å². The summed E-state index contributed by atoms with van der Waals surface area (Å²) in [4.78, 5) is 27.8. The van der Waals surface area contributed by atoms with Crippen LogP contribution in [0, 0.1) is 0 Å². The smallest absolute Gasteiger partial charge is 0.313 e. The van der Waals surface area contributed by atoms with Gasteiger partial charge in [-0.25, -0.2) is 0 Å². The first-order valence-corrected chi connectivity index (χ1v) is 10.9. The Labute approximate surface area is 167 Å². The summed E-state index contributed by atoms with van der Waals surface area (Å²) in [5.74, 6) is -1.28. The van der Waals surface area contributed by atoms with Crippen molar-refractivity contribution in [1.82, 2.24) is 10.2 Å². The summed E-state index contributed by atoms with van der Waals surface area (Å²) in [6.07, 6.45) is 1.93. The number of nitrogens with one attached hydrogen (secondary N) is 2. The van der Waals surface area contributed by atoms with Gasteiger partial charge in [0.05, 0.1) is 24.9 Å². The Bertz CT molecular complexity index is 761. The van der Waals surface area contributed by atoms with E-state index in [1.807, 2.05) is 29.8 Å². The van der Waals surface area contributed by atoms with Crippen LogP contribution in [-0.4, -0.2) is 55.8 Å². The molecule has 1 fully saturated rings. The summed E-state index contributed by atoms with van der Waals surface area (Å²) in [7, 11) is 0. The number of carbonyl (C=O) groups excluding carboxylic acids is 2. The second-order valence-corrected chi connectivity index (χ2v) is 7.71. The maximum Gasteiger partial charge on any atom is 0.313 e. The predicted octanol–water partition coefficient (Wildman–Crippen LogP) is 2.60. The van der Waals surface area contributed by atoms with E-state index in [1.165, 1.54) is 11.8 Å². The number of anilines is 1. The van der Waals surface area contributed by atoms with Crippen LogP contribution in [-0.2, 0) is 14.3 Å². The molecule has 0 spiro atoms. The summed E-state index contributed by atoms with van der Waals surface area (Å²) in [5, 5.41) is 9.59. The summed E-state index contributed by atoms with van der Waals surface area (Å²) < 4.78 is 5.43. The van der Waals surface area contributed by atoms with Crippen LogP contribution < -0.4 is 10.6 Å². The molecule has 8 heteroatoms. The van der Waals surface area contributed by atoms with Crippen LogP contribution in [0.2, 0.25) is 0 Å². The fourth-order valence-corrected chi connectivity index (χ4v) is 4.27. The number of para-hydroxylation sites is 1. The Hall–Kier alpha value is -1.87. The first-order valence-electron chi connectivity index (χ1n) is 8.75. The minimum Gasteiger partial charge on any atom is -0.379 e. The molecule has 27 heavy (non-hydrogen) atoms. The van der Waals surface area contributed by atoms with Crippen LogP contribution in [0.15, 0.2) is 46.0 Å². The van der Waals surface area contributed by atoms with E-state index >= 15 is 0 Å². The molecule has 2 N–H and O–H groups in total. The van der Waals surface area contributed by atoms with Crippen LogP contribution in [0.5, 0.6) is 0 Å². The highest BCUT2D eigenvalue weighted by atomic mass is 32.2. The Morgan fingerprint density at radius 1 is 1.22 bits per heavy atom. The molecule has 1 aliphatic heterocycles. The number of thioether (sulfide) groups is 1. The average Bonchev–Trinajstić information content (AvgIpc) is 3.23. The lowest BCUT2D eigenvalue weighted by Crippen LogP contribution is -2.45. The molecule has 6 nitrogen and oxygen atoms in total. The van der Waals surface area contributed by atoms with Gasteiger partial charge in [-0.3, -0.25) is 14.5 Å². The topological polar surface area (TPSA) is 70.7 Å². The summed E-state index contributed by atoms with van der Waals surface area (Å²) in [5.41, 5.74) is 1.79. The molecule has 0 bridgehead atoms. The third kappa shape index (κ3) is 5.32. The Kier molecular flexibility index (Phi) is 7.28. The second-order valence-electron chi connectivity index (χ2n) is 6.09. The third-order valence-electron chi connectivity index (χ3n) is 4.43. The first kappa shape index (κ1) is 19.9. The number of rotatable bonds is 6. The van der Waals surface area contributed by atoms with E-state index in [2.05, 4.69) is 27.0 Å². The van der Waals surface area contributed by atoms with Gasteiger partial charge in [0.1, 0.15) is 0 Å². The van der Waals surface area contributed by atoms with E-state index in [4.69, 9.17) is 4.74 Å². The van der Waals surface area contributed by atoms with Gasteiger partial charge in [0, 0.05) is 24.5 Å². The van der Waals surface area contributed by atoms with E-state index in [-0.39, 0.29) is 6.04 Å². The van der Waals surface area contributed by atoms with Crippen molar-refractivity contribution in [3.63, 3.8) is 0 Å². The molecule has 1 aromatic heterocycles. The molecule has 0 radical (unpaired) electrons. The second kappa shape index (κ2) is 9.89. The molecule has 0 saturated carbocycles. The van der Waals surface area contributed by atoms with Crippen molar-refractivity contribution >= 4 is 40.6 Å². The van der Waals surface area contributed by atoms with Gasteiger partial charge in [0.15, 0.2) is 0 Å². The summed E-state index contributed by atoms with van der Waals surface area (Å²) >= 11 is 3.15. The molecule has 1 aliphatic rings. The van der Waals surface area contributed by atoms with Crippen LogP contribution in [0.3, 0.4) is 0 Å². The minimum atomic E-state index is -0.650. The fourth-order valence-electron chi connectivity index (χ4n) is 3.01. The number of thiophene rings is 1. The van der Waals surface area contributed by atoms with Crippen LogP contribution >= 0.6 is 23.1 Å². The zero-order valence-electron chi connectivity index (χ0n) is 15.1. The molecular formula is C19H23N3O3S2. The molecule has 3 rings (SSSR count). The van der Waals surface area contributed by atoms with Gasteiger partial charge in [0.25, 0.3) is 0 Å². The van der Waals surface area contributed by atoms with Crippen molar-refractivity contribution in [1.29, 1.82) is 0 Å². The normalized spacial score (nSPS) is 15.9. The standard InChI is InChI=1S/C19H23N3O3S2/c1-26-17-5-3-2-4-15(17)21-19(24)18(23)20-12-16(14-6-11-27-13-14)22-7-9-25-10-8-22/h2-6,11,13,16H,7-10,12H2,1H3,(H,20,23)(H,21,24). The molecule has 2 amide bonds. The number of nitrogens with zero attached hydrogens (tertiary/aromatic N) is 1. The van der Waals surface area contributed by atoms with Gasteiger partial charge in [0.2, 0.25) is 0 Å². The Balaban J connectivity index is 1.60. The molecule has 2 heterocycles. The number of hydrogen-bond donors (Lipinski definition) is 2. The van der Waals surface area contributed by atoms with E-state index in [0.29, 0.717) is 25.4 Å². The highest BCUT2D eigenvalue weighted by Gasteiger charge is 2.25. The molecule has 1 aromatic carbocycles. The van der Waals surface area contributed by atoms with Crippen LogP contribution in [0.4, 0.5) is 5.69 Å². The third-order valence-corrected chi connectivity index (χ3v) is 5.93. The van der Waals surface area contributed by atoms with Gasteiger partial charge in [-0.2, -0.15) is 11.3 Å². The number of carbonyl (C=O) groups is 2. The Morgan fingerprint density at radius 3 is 2.70 bits per heavy atom. The molecular weight excluding hydrogens is 382 g/mol. The molecule has 1 atom stereocenters. The van der Waals surface area contributed by atoms with Crippen molar-refractivity contribution < 1.29 is 14.3 Å². The van der Waals surface area contributed by atoms with Crippen LogP contribution in [0.25, 0.3) is 0 Å². The lowest BCUT2D eigenvalue weighted by molar-refractivity contribution is -0.136. The lowest BCUT2D eigenvalue weighted by Gasteiger charge is -2.34. The highest BCUT2D eigenvalue weighted by molar-refractivity contribution is 7.98. The highest BCUT2D eigenvalue weighted by Crippen LogP contribution is 2.25. The van der Waals surface area contributed by atoms with Gasteiger partial charge >= 0.3 is 11.8 Å². The number of amides is 2. The van der Waals surface area contributed by atoms with E-state index < -0.39 is 11.8 Å². The minimum absolute atomic E-state index is 0.0374. The molecule has 0 aliphatic carbocycles. The van der Waals surface area contributed by atoms with Gasteiger partial charge < -0.3 is 15.4 Å². The maximum atomic E-state index is 12.3. The van der Waals surface area contributed by atoms with Crippen molar-refractivity contribution in [3.05, 3.63) is 46.7 Å². The summed E-state index contributed by atoms with van der Waals surface area (Å²) in [6, 6.07) is 9.52. The number of benzene rings is 1. The molecule has 1 saturated heterocycles. The zero-order chi connectivity index (χ0) is 19.1. The fraction of sp³-hybridized carbons (Fsp3) is 0.368. The predicted molar refractivity (Wildman–Crippen MR) is 109 cm³/mol.